The molecule has 31 heavy (non-hydrogen) atoms. The molecule has 2 N–H and O–H groups in total. The topological polar surface area (TPSA) is 60.0 Å². The Hall–Kier alpha value is -1.77. The lowest BCUT2D eigenvalue weighted by atomic mass is 10.1. The molecule has 2 heterocycles. The normalized spacial score (nSPS) is 21.5. The van der Waals surface area contributed by atoms with Crippen molar-refractivity contribution in [2.45, 2.75) is 51.6 Å². The quantitative estimate of drug-likeness (QED) is 0.253. The maximum Gasteiger partial charge on any atom is 0.225 e. The Morgan fingerprint density at radius 1 is 1.16 bits per heavy atom. The number of hydrogen-bond donors (Lipinski definition) is 2. The van der Waals surface area contributed by atoms with Crippen molar-refractivity contribution in [3.8, 4) is 0 Å². The van der Waals surface area contributed by atoms with E-state index in [9.17, 15) is 4.79 Å². The minimum absolute atomic E-state index is 0. The van der Waals surface area contributed by atoms with Gasteiger partial charge in [0.05, 0.1) is 6.54 Å². The number of hydrogen-bond acceptors (Lipinski definition) is 3. The third kappa shape index (κ3) is 6.37. The highest BCUT2D eigenvalue weighted by molar-refractivity contribution is 14.0. The lowest BCUT2D eigenvalue weighted by Crippen LogP contribution is -2.45. The summed E-state index contributed by atoms with van der Waals surface area (Å²) in [6.45, 7) is 7.16. The number of carbonyl (C=O) groups excluding carboxylic acids is 1. The molecular weight excluding hydrogens is 501 g/mol. The number of anilines is 1. The summed E-state index contributed by atoms with van der Waals surface area (Å²) >= 11 is 0. The van der Waals surface area contributed by atoms with Crippen molar-refractivity contribution in [3.63, 3.8) is 0 Å². The summed E-state index contributed by atoms with van der Waals surface area (Å²) < 4.78 is 0. The summed E-state index contributed by atoms with van der Waals surface area (Å²) in [6.07, 6.45) is 9.96. The van der Waals surface area contributed by atoms with Gasteiger partial charge in [-0.25, -0.2) is 4.99 Å². The Morgan fingerprint density at radius 2 is 1.94 bits per heavy atom. The van der Waals surface area contributed by atoms with E-state index in [1.807, 2.05) is 0 Å². The van der Waals surface area contributed by atoms with Crippen LogP contribution in [0.1, 0.15) is 44.6 Å². The Morgan fingerprint density at radius 3 is 2.68 bits per heavy atom. The van der Waals surface area contributed by atoms with Gasteiger partial charge in [-0.05, 0) is 43.9 Å². The summed E-state index contributed by atoms with van der Waals surface area (Å²) in [5, 5.41) is 6.92. The fourth-order valence-corrected chi connectivity index (χ4v) is 4.73. The number of amides is 1. The van der Waals surface area contributed by atoms with Crippen LogP contribution in [0.25, 0.3) is 0 Å². The zero-order chi connectivity index (χ0) is 20.8. The predicted octanol–water partition coefficient (Wildman–Crippen LogP) is 3.53. The van der Waals surface area contributed by atoms with E-state index in [2.05, 4.69) is 63.8 Å². The number of rotatable bonds is 6. The lowest BCUT2D eigenvalue weighted by molar-refractivity contribution is -0.134. The molecule has 1 saturated carbocycles. The van der Waals surface area contributed by atoms with E-state index in [-0.39, 0.29) is 35.9 Å². The van der Waals surface area contributed by atoms with E-state index in [0.29, 0.717) is 12.5 Å². The van der Waals surface area contributed by atoms with E-state index in [4.69, 9.17) is 4.99 Å². The third-order valence-corrected chi connectivity index (χ3v) is 6.40. The average Bonchev–Trinajstić information content (AvgIpc) is 3.55. The Bertz CT molecular complexity index is 782. The Labute approximate surface area is 203 Å². The van der Waals surface area contributed by atoms with Gasteiger partial charge in [-0.15, -0.1) is 24.0 Å². The lowest BCUT2D eigenvalue weighted by Gasteiger charge is -2.21. The van der Waals surface area contributed by atoms with Crippen LogP contribution in [0.15, 0.2) is 41.4 Å². The van der Waals surface area contributed by atoms with Gasteiger partial charge in [0, 0.05) is 50.4 Å². The van der Waals surface area contributed by atoms with Gasteiger partial charge in [0.1, 0.15) is 0 Å². The number of benzene rings is 1. The van der Waals surface area contributed by atoms with Crippen LogP contribution in [0.2, 0.25) is 0 Å². The second-order valence-corrected chi connectivity index (χ2v) is 8.64. The molecule has 1 aliphatic carbocycles. The van der Waals surface area contributed by atoms with E-state index >= 15 is 0 Å². The molecule has 170 valence electrons. The summed E-state index contributed by atoms with van der Waals surface area (Å²) in [6, 6.07) is 8.92. The van der Waals surface area contributed by atoms with Crippen molar-refractivity contribution in [2.75, 3.05) is 37.6 Å². The van der Waals surface area contributed by atoms with Crippen LogP contribution < -0.4 is 15.5 Å². The SMILES string of the molecule is CCNC(=NCc1cccc(N2CC=CC2)c1)NC1CCN(C(=O)C2CCCC2)C1.I. The fourth-order valence-electron chi connectivity index (χ4n) is 4.73. The van der Waals surface area contributed by atoms with Gasteiger partial charge in [0.2, 0.25) is 5.91 Å². The van der Waals surface area contributed by atoms with E-state index in [1.54, 1.807) is 0 Å². The first-order valence-corrected chi connectivity index (χ1v) is 11.6. The molecule has 1 aromatic carbocycles. The zero-order valence-electron chi connectivity index (χ0n) is 18.6. The first kappa shape index (κ1) is 23.9. The summed E-state index contributed by atoms with van der Waals surface area (Å²) in [7, 11) is 0. The van der Waals surface area contributed by atoms with Gasteiger partial charge in [-0.3, -0.25) is 4.79 Å². The number of likely N-dealkylation sites (tertiary alicyclic amines) is 1. The highest BCUT2D eigenvalue weighted by Crippen LogP contribution is 2.28. The minimum Gasteiger partial charge on any atom is -0.364 e. The van der Waals surface area contributed by atoms with Gasteiger partial charge in [-0.2, -0.15) is 0 Å². The highest BCUT2D eigenvalue weighted by Gasteiger charge is 2.32. The van der Waals surface area contributed by atoms with E-state index in [0.717, 1.165) is 57.9 Å². The molecule has 1 amide bonds. The molecule has 0 spiro atoms. The molecule has 7 heteroatoms. The highest BCUT2D eigenvalue weighted by atomic mass is 127. The first-order valence-electron chi connectivity index (χ1n) is 11.6. The molecule has 2 aliphatic heterocycles. The monoisotopic (exact) mass is 537 g/mol. The average molecular weight is 537 g/mol. The predicted molar refractivity (Wildman–Crippen MR) is 138 cm³/mol. The first-order chi connectivity index (χ1) is 14.7. The van der Waals surface area contributed by atoms with Gasteiger partial charge in [-0.1, -0.05) is 37.1 Å². The molecule has 1 aromatic rings. The molecule has 4 rings (SSSR count). The van der Waals surface area contributed by atoms with Crippen LogP contribution >= 0.6 is 24.0 Å². The van der Waals surface area contributed by atoms with Crippen molar-refractivity contribution >= 4 is 41.5 Å². The van der Waals surface area contributed by atoms with Crippen LogP contribution in [-0.4, -0.2) is 55.5 Å². The molecule has 6 nitrogen and oxygen atoms in total. The second-order valence-electron chi connectivity index (χ2n) is 8.64. The number of nitrogens with one attached hydrogen (secondary N) is 2. The molecule has 2 fully saturated rings. The van der Waals surface area contributed by atoms with Crippen molar-refractivity contribution in [2.24, 2.45) is 10.9 Å². The Kier molecular flexibility index (Phi) is 9.04. The van der Waals surface area contributed by atoms with Crippen molar-refractivity contribution in [1.29, 1.82) is 0 Å². The van der Waals surface area contributed by atoms with Crippen molar-refractivity contribution in [3.05, 3.63) is 42.0 Å². The second kappa shape index (κ2) is 11.7. The van der Waals surface area contributed by atoms with Gasteiger partial charge in [0.25, 0.3) is 0 Å². The Balaban J connectivity index is 0.00000272. The maximum atomic E-state index is 12.7. The molecule has 3 aliphatic rings. The van der Waals surface area contributed by atoms with Crippen LogP contribution in [0.5, 0.6) is 0 Å². The van der Waals surface area contributed by atoms with Gasteiger partial charge in [0.15, 0.2) is 5.96 Å². The molecular formula is C24H36IN5O. The van der Waals surface area contributed by atoms with Crippen molar-refractivity contribution < 1.29 is 4.79 Å². The summed E-state index contributed by atoms with van der Waals surface area (Å²) in [5.74, 6) is 1.47. The summed E-state index contributed by atoms with van der Waals surface area (Å²) in [5.41, 5.74) is 2.46. The number of guanidine groups is 1. The smallest absolute Gasteiger partial charge is 0.225 e. The minimum atomic E-state index is 0. The van der Waals surface area contributed by atoms with Crippen LogP contribution in [0.3, 0.4) is 0 Å². The standard InChI is InChI=1S/C24H35N5O.HI/c1-2-25-24(26-17-19-8-7-11-22(16-19)28-13-5-6-14-28)27-21-12-15-29(18-21)23(30)20-9-3-4-10-20;/h5-8,11,16,20-21H,2-4,9-10,12-15,17-18H2,1H3,(H2,25,26,27);1H. The molecule has 1 saturated heterocycles. The number of carbonyl (C=O) groups is 1. The molecule has 0 radical (unpaired) electrons. The van der Waals surface area contributed by atoms with Crippen LogP contribution in [-0.2, 0) is 11.3 Å². The van der Waals surface area contributed by atoms with E-state index < -0.39 is 0 Å². The molecule has 1 unspecified atom stereocenters. The maximum absolute atomic E-state index is 12.7. The van der Waals surface area contributed by atoms with Crippen LogP contribution in [0.4, 0.5) is 5.69 Å². The van der Waals surface area contributed by atoms with Crippen molar-refractivity contribution in [1.82, 2.24) is 15.5 Å². The largest absolute Gasteiger partial charge is 0.364 e. The number of halogens is 1. The van der Waals surface area contributed by atoms with Crippen LogP contribution in [0, 0.1) is 5.92 Å². The number of aliphatic imine (C=N–C) groups is 1. The molecule has 0 aromatic heterocycles. The molecule has 0 bridgehead atoms. The number of nitrogens with zero attached hydrogens (tertiary/aromatic N) is 3. The summed E-state index contributed by atoms with van der Waals surface area (Å²) in [4.78, 5) is 21.9. The zero-order valence-corrected chi connectivity index (χ0v) is 20.9. The fraction of sp³-hybridized carbons (Fsp3) is 0.583. The third-order valence-electron chi connectivity index (χ3n) is 6.40. The van der Waals surface area contributed by atoms with Gasteiger partial charge >= 0.3 is 0 Å². The van der Waals surface area contributed by atoms with Gasteiger partial charge < -0.3 is 20.4 Å². The van der Waals surface area contributed by atoms with E-state index in [1.165, 1.54) is 24.1 Å². The molecule has 1 atom stereocenters.